The summed E-state index contributed by atoms with van der Waals surface area (Å²) in [6.45, 7) is 9.95. The van der Waals surface area contributed by atoms with E-state index in [-0.39, 0.29) is 5.41 Å². The van der Waals surface area contributed by atoms with Crippen LogP contribution in [-0.2, 0) is 12.0 Å². The lowest BCUT2D eigenvalue weighted by molar-refractivity contribution is 0.218. The number of methoxy groups -OCH3 is 1. The normalized spacial score (nSPS) is 17.2. The van der Waals surface area contributed by atoms with Gasteiger partial charge in [0.15, 0.2) is 0 Å². The van der Waals surface area contributed by atoms with Gasteiger partial charge in [0.25, 0.3) is 0 Å². The molecular formula is C17H26ClNO. The Bertz CT molecular complexity index is 459. The van der Waals surface area contributed by atoms with Crippen molar-refractivity contribution in [3.8, 4) is 5.75 Å². The number of halogens is 1. The molecule has 3 heteroatoms. The zero-order valence-electron chi connectivity index (χ0n) is 13.1. The van der Waals surface area contributed by atoms with Gasteiger partial charge in [-0.2, -0.15) is 0 Å². The molecule has 0 radical (unpaired) electrons. The Morgan fingerprint density at radius 3 is 2.35 bits per heavy atom. The molecule has 1 heterocycles. The Balaban J connectivity index is 2.30. The number of piperidine rings is 1. The van der Waals surface area contributed by atoms with Gasteiger partial charge in [0.05, 0.1) is 12.1 Å². The third-order valence-corrected chi connectivity index (χ3v) is 4.31. The monoisotopic (exact) mass is 295 g/mol. The Morgan fingerprint density at radius 2 is 1.80 bits per heavy atom. The zero-order valence-corrected chi connectivity index (χ0v) is 13.9. The maximum Gasteiger partial charge on any atom is 0.141 e. The van der Waals surface area contributed by atoms with E-state index in [0.717, 1.165) is 17.3 Å². The number of hydrogen-bond donors (Lipinski definition) is 0. The van der Waals surface area contributed by atoms with Crippen LogP contribution in [0.4, 0.5) is 0 Å². The average Bonchev–Trinajstić information content (AvgIpc) is 2.38. The lowest BCUT2D eigenvalue weighted by Crippen LogP contribution is -2.29. The second-order valence-corrected chi connectivity index (χ2v) is 7.14. The quantitative estimate of drug-likeness (QED) is 0.806. The average molecular weight is 296 g/mol. The van der Waals surface area contributed by atoms with Crippen LogP contribution in [0.15, 0.2) is 12.1 Å². The van der Waals surface area contributed by atoms with E-state index in [9.17, 15) is 0 Å². The van der Waals surface area contributed by atoms with E-state index >= 15 is 0 Å². The van der Waals surface area contributed by atoms with Crippen LogP contribution < -0.4 is 4.74 Å². The fourth-order valence-corrected chi connectivity index (χ4v) is 3.10. The molecule has 0 unspecified atom stereocenters. The molecule has 2 rings (SSSR count). The van der Waals surface area contributed by atoms with Gasteiger partial charge in [-0.1, -0.05) is 44.9 Å². The van der Waals surface area contributed by atoms with Gasteiger partial charge in [0.2, 0.25) is 0 Å². The molecular weight excluding hydrogens is 270 g/mol. The molecule has 0 aromatic heterocycles. The number of nitrogens with zero attached hydrogens (tertiary/aromatic N) is 1. The summed E-state index contributed by atoms with van der Waals surface area (Å²) in [5.74, 6) is 0.838. The van der Waals surface area contributed by atoms with Crippen LogP contribution in [0.5, 0.6) is 5.75 Å². The van der Waals surface area contributed by atoms with Gasteiger partial charge >= 0.3 is 0 Å². The van der Waals surface area contributed by atoms with E-state index in [1.54, 1.807) is 7.11 Å². The molecule has 1 aromatic carbocycles. The van der Waals surface area contributed by atoms with Crippen molar-refractivity contribution in [3.63, 3.8) is 0 Å². The molecule has 1 fully saturated rings. The molecule has 1 saturated heterocycles. The van der Waals surface area contributed by atoms with Crippen LogP contribution in [0.1, 0.15) is 51.2 Å². The molecule has 0 N–H and O–H groups in total. The molecule has 0 amide bonds. The fraction of sp³-hybridized carbons (Fsp3) is 0.647. The summed E-state index contributed by atoms with van der Waals surface area (Å²) in [6, 6.07) is 4.30. The lowest BCUT2D eigenvalue weighted by atomic mass is 9.86. The summed E-state index contributed by atoms with van der Waals surface area (Å²) in [5, 5.41) is 0.729. The van der Waals surface area contributed by atoms with E-state index in [0.29, 0.717) is 0 Å². The smallest absolute Gasteiger partial charge is 0.141 e. The molecule has 1 aromatic rings. The van der Waals surface area contributed by atoms with Crippen molar-refractivity contribution < 1.29 is 4.74 Å². The van der Waals surface area contributed by atoms with E-state index in [2.05, 4.69) is 31.7 Å². The molecule has 0 saturated carbocycles. The second-order valence-electron chi connectivity index (χ2n) is 6.74. The largest absolute Gasteiger partial charge is 0.495 e. The number of rotatable bonds is 3. The van der Waals surface area contributed by atoms with Crippen LogP contribution in [-0.4, -0.2) is 25.1 Å². The van der Waals surface area contributed by atoms with Crippen LogP contribution in [0.2, 0.25) is 5.02 Å². The number of benzene rings is 1. The summed E-state index contributed by atoms with van der Waals surface area (Å²) in [4.78, 5) is 2.50. The summed E-state index contributed by atoms with van der Waals surface area (Å²) < 4.78 is 5.53. The molecule has 112 valence electrons. The van der Waals surface area contributed by atoms with Crippen molar-refractivity contribution in [2.45, 2.75) is 52.0 Å². The highest BCUT2D eigenvalue weighted by atomic mass is 35.5. The summed E-state index contributed by atoms with van der Waals surface area (Å²) in [6.07, 6.45) is 3.96. The van der Waals surface area contributed by atoms with Crippen molar-refractivity contribution in [2.75, 3.05) is 20.2 Å². The van der Waals surface area contributed by atoms with E-state index < -0.39 is 0 Å². The SMILES string of the molecule is COc1c(Cl)cc(C(C)(C)C)cc1CN1CCCCC1. The predicted molar refractivity (Wildman–Crippen MR) is 85.8 cm³/mol. The standard InChI is InChI=1S/C17H26ClNO/c1-17(2,3)14-10-13(16(20-4)15(18)11-14)12-19-8-6-5-7-9-19/h10-11H,5-9,12H2,1-4H3. The second kappa shape index (κ2) is 6.36. The van der Waals surface area contributed by atoms with Crippen LogP contribution in [0.3, 0.4) is 0 Å². The Morgan fingerprint density at radius 1 is 1.15 bits per heavy atom. The van der Waals surface area contributed by atoms with Crippen molar-refractivity contribution in [2.24, 2.45) is 0 Å². The zero-order chi connectivity index (χ0) is 14.8. The first kappa shape index (κ1) is 15.7. The first-order chi connectivity index (χ1) is 9.41. The minimum absolute atomic E-state index is 0.104. The first-order valence-electron chi connectivity index (χ1n) is 7.51. The molecule has 0 atom stereocenters. The van der Waals surface area contributed by atoms with Gasteiger partial charge in [0.1, 0.15) is 5.75 Å². The minimum atomic E-state index is 0.104. The van der Waals surface area contributed by atoms with Gasteiger partial charge in [-0.15, -0.1) is 0 Å². The van der Waals surface area contributed by atoms with Crippen molar-refractivity contribution in [1.82, 2.24) is 4.90 Å². The van der Waals surface area contributed by atoms with Crippen LogP contribution in [0.25, 0.3) is 0 Å². The van der Waals surface area contributed by atoms with Gasteiger partial charge in [-0.3, -0.25) is 4.90 Å². The van der Waals surface area contributed by atoms with Gasteiger partial charge < -0.3 is 4.74 Å². The van der Waals surface area contributed by atoms with Crippen LogP contribution >= 0.6 is 11.6 Å². The maximum atomic E-state index is 6.41. The number of ether oxygens (including phenoxy) is 1. The Hall–Kier alpha value is -0.730. The Kier molecular flexibility index (Phi) is 4.98. The fourth-order valence-electron chi connectivity index (χ4n) is 2.79. The number of hydrogen-bond acceptors (Lipinski definition) is 2. The van der Waals surface area contributed by atoms with Gasteiger partial charge in [-0.05, 0) is 43.0 Å². The third kappa shape index (κ3) is 3.67. The van der Waals surface area contributed by atoms with Crippen molar-refractivity contribution in [3.05, 3.63) is 28.3 Å². The first-order valence-corrected chi connectivity index (χ1v) is 7.89. The molecule has 0 spiro atoms. The summed E-state index contributed by atoms with van der Waals surface area (Å²) >= 11 is 6.41. The van der Waals surface area contributed by atoms with Crippen molar-refractivity contribution in [1.29, 1.82) is 0 Å². The van der Waals surface area contributed by atoms with E-state index in [1.165, 1.54) is 43.5 Å². The third-order valence-electron chi connectivity index (χ3n) is 4.03. The molecule has 1 aliphatic heterocycles. The topological polar surface area (TPSA) is 12.5 Å². The minimum Gasteiger partial charge on any atom is -0.495 e. The molecule has 20 heavy (non-hydrogen) atoms. The van der Waals surface area contributed by atoms with Gasteiger partial charge in [-0.25, -0.2) is 0 Å². The van der Waals surface area contributed by atoms with E-state index in [4.69, 9.17) is 16.3 Å². The molecule has 0 aliphatic carbocycles. The molecule has 2 nitrogen and oxygen atoms in total. The highest BCUT2D eigenvalue weighted by Crippen LogP contribution is 2.35. The van der Waals surface area contributed by atoms with Gasteiger partial charge in [0, 0.05) is 12.1 Å². The highest BCUT2D eigenvalue weighted by Gasteiger charge is 2.20. The van der Waals surface area contributed by atoms with Crippen molar-refractivity contribution >= 4 is 11.6 Å². The summed E-state index contributed by atoms with van der Waals surface area (Å²) in [5.41, 5.74) is 2.59. The maximum absolute atomic E-state index is 6.41. The molecule has 1 aliphatic rings. The number of likely N-dealkylation sites (tertiary alicyclic amines) is 1. The van der Waals surface area contributed by atoms with E-state index in [1.807, 2.05) is 6.07 Å². The lowest BCUT2D eigenvalue weighted by Gasteiger charge is -2.28. The summed E-state index contributed by atoms with van der Waals surface area (Å²) in [7, 11) is 1.71. The highest BCUT2D eigenvalue weighted by molar-refractivity contribution is 6.32. The Labute approximate surface area is 128 Å². The molecule has 0 bridgehead atoms. The van der Waals surface area contributed by atoms with Crippen LogP contribution in [0, 0.1) is 0 Å². The predicted octanol–water partition coefficient (Wildman–Crippen LogP) is 4.63.